The molecule has 140 valence electrons. The Kier molecular flexibility index (Phi) is 7.63. The molecule has 1 amide bonds. The maximum atomic E-state index is 12.3. The van der Waals surface area contributed by atoms with Crippen LogP contribution in [0.3, 0.4) is 0 Å². The van der Waals surface area contributed by atoms with Crippen molar-refractivity contribution in [3.8, 4) is 11.5 Å². The van der Waals surface area contributed by atoms with Crippen molar-refractivity contribution < 1.29 is 19.0 Å². The zero-order chi connectivity index (χ0) is 18.8. The zero-order valence-corrected chi connectivity index (χ0v) is 15.2. The van der Waals surface area contributed by atoms with Crippen LogP contribution < -0.4 is 20.1 Å². The van der Waals surface area contributed by atoms with E-state index in [2.05, 4.69) is 20.6 Å². The van der Waals surface area contributed by atoms with Gasteiger partial charge in [0.05, 0.1) is 14.2 Å². The zero-order valence-electron chi connectivity index (χ0n) is 15.2. The Labute approximate surface area is 152 Å². The molecule has 0 radical (unpaired) electrons. The highest BCUT2D eigenvalue weighted by Crippen LogP contribution is 2.27. The minimum Gasteiger partial charge on any atom is -0.493 e. The van der Waals surface area contributed by atoms with E-state index < -0.39 is 0 Å². The first-order valence-corrected chi connectivity index (χ1v) is 8.23. The fourth-order valence-electron chi connectivity index (χ4n) is 2.25. The lowest BCUT2D eigenvalue weighted by Crippen LogP contribution is -2.24. The number of hydrogen-bond acceptors (Lipinski definition) is 7. The second kappa shape index (κ2) is 10.2. The van der Waals surface area contributed by atoms with Crippen molar-refractivity contribution in [2.45, 2.75) is 13.0 Å². The number of nitrogens with one attached hydrogen (secondary N) is 2. The molecule has 8 heteroatoms. The molecule has 8 nitrogen and oxygen atoms in total. The molecule has 2 N–H and O–H groups in total. The molecule has 1 aromatic heterocycles. The number of aromatic nitrogens is 2. The monoisotopic (exact) mass is 360 g/mol. The number of benzene rings is 1. The Morgan fingerprint density at radius 1 is 1.12 bits per heavy atom. The highest BCUT2D eigenvalue weighted by Gasteiger charge is 2.10. The summed E-state index contributed by atoms with van der Waals surface area (Å²) in [6.45, 7) is 1.67. The number of methoxy groups -OCH3 is 3. The first kappa shape index (κ1) is 19.5. The van der Waals surface area contributed by atoms with Crippen LogP contribution in [0.2, 0.25) is 0 Å². The minimum absolute atomic E-state index is 0.276. The van der Waals surface area contributed by atoms with Gasteiger partial charge in [-0.2, -0.15) is 0 Å². The van der Waals surface area contributed by atoms with Crippen molar-refractivity contribution in [2.24, 2.45) is 0 Å². The van der Waals surface area contributed by atoms with Crippen LogP contribution in [0.1, 0.15) is 22.5 Å². The lowest BCUT2D eigenvalue weighted by atomic mass is 10.2. The molecule has 0 aliphatic heterocycles. The Morgan fingerprint density at radius 2 is 1.92 bits per heavy atom. The van der Waals surface area contributed by atoms with Gasteiger partial charge in [-0.3, -0.25) is 4.79 Å². The fourth-order valence-corrected chi connectivity index (χ4v) is 2.25. The van der Waals surface area contributed by atoms with Gasteiger partial charge in [0.2, 0.25) is 5.95 Å². The van der Waals surface area contributed by atoms with Crippen LogP contribution in [0.15, 0.2) is 30.5 Å². The summed E-state index contributed by atoms with van der Waals surface area (Å²) in [6, 6.07) is 7.06. The van der Waals surface area contributed by atoms with Crippen molar-refractivity contribution in [2.75, 3.05) is 39.8 Å². The van der Waals surface area contributed by atoms with Crippen LogP contribution in [0.5, 0.6) is 11.5 Å². The maximum Gasteiger partial charge on any atom is 0.270 e. The Hall–Kier alpha value is -2.87. The predicted octanol–water partition coefficient (Wildman–Crippen LogP) is 1.87. The first-order chi connectivity index (χ1) is 12.7. The van der Waals surface area contributed by atoms with Crippen molar-refractivity contribution in [3.63, 3.8) is 0 Å². The second-order valence-electron chi connectivity index (χ2n) is 5.41. The van der Waals surface area contributed by atoms with Crippen LogP contribution >= 0.6 is 0 Å². The van der Waals surface area contributed by atoms with E-state index in [9.17, 15) is 4.79 Å². The van der Waals surface area contributed by atoms with Gasteiger partial charge >= 0.3 is 0 Å². The van der Waals surface area contributed by atoms with Gasteiger partial charge in [-0.1, -0.05) is 6.07 Å². The summed E-state index contributed by atoms with van der Waals surface area (Å²) in [7, 11) is 4.80. The minimum atomic E-state index is -0.276. The SMILES string of the molecule is COCCCNc1nccc(C(=O)NCc2ccc(OC)c(OC)c2)n1. The third-order valence-corrected chi connectivity index (χ3v) is 3.60. The molecule has 2 aromatic rings. The average Bonchev–Trinajstić information content (AvgIpc) is 2.69. The quantitative estimate of drug-likeness (QED) is 0.625. The number of ether oxygens (including phenoxy) is 3. The third-order valence-electron chi connectivity index (χ3n) is 3.60. The molecule has 0 fully saturated rings. The molecule has 1 aromatic carbocycles. The van der Waals surface area contributed by atoms with E-state index >= 15 is 0 Å². The lowest BCUT2D eigenvalue weighted by molar-refractivity contribution is 0.0946. The van der Waals surface area contributed by atoms with Gasteiger partial charge < -0.3 is 24.8 Å². The molecule has 0 saturated heterocycles. The standard InChI is InChI=1S/C18H24N4O4/c1-24-10-4-8-19-18-20-9-7-14(22-18)17(23)21-12-13-5-6-15(25-2)16(11-13)26-3/h5-7,9,11H,4,8,10,12H2,1-3H3,(H,21,23)(H,19,20,22). The molecule has 0 unspecified atom stereocenters. The topological polar surface area (TPSA) is 94.6 Å². The largest absolute Gasteiger partial charge is 0.493 e. The van der Waals surface area contributed by atoms with Gasteiger partial charge in [0.25, 0.3) is 5.91 Å². The van der Waals surface area contributed by atoms with Crippen molar-refractivity contribution >= 4 is 11.9 Å². The summed E-state index contributed by atoms with van der Waals surface area (Å²) < 4.78 is 15.5. The Bertz CT molecular complexity index is 724. The van der Waals surface area contributed by atoms with Crippen LogP contribution in [0.4, 0.5) is 5.95 Å². The van der Waals surface area contributed by atoms with Gasteiger partial charge in [-0.25, -0.2) is 9.97 Å². The summed E-state index contributed by atoms with van der Waals surface area (Å²) >= 11 is 0. The predicted molar refractivity (Wildman–Crippen MR) is 97.7 cm³/mol. The molecule has 2 rings (SSSR count). The summed E-state index contributed by atoms with van der Waals surface area (Å²) in [5.41, 5.74) is 1.19. The van der Waals surface area contributed by atoms with E-state index in [1.165, 1.54) is 0 Å². The number of amides is 1. The molecule has 0 bridgehead atoms. The second-order valence-corrected chi connectivity index (χ2v) is 5.41. The van der Waals surface area contributed by atoms with E-state index in [1.807, 2.05) is 12.1 Å². The van der Waals surface area contributed by atoms with Crippen LogP contribution in [0, 0.1) is 0 Å². The van der Waals surface area contributed by atoms with Gasteiger partial charge in [-0.15, -0.1) is 0 Å². The molecule has 26 heavy (non-hydrogen) atoms. The van der Waals surface area contributed by atoms with Gasteiger partial charge in [0, 0.05) is 33.0 Å². The van der Waals surface area contributed by atoms with Crippen molar-refractivity contribution in [1.82, 2.24) is 15.3 Å². The molecule has 0 aliphatic carbocycles. The van der Waals surface area contributed by atoms with Crippen LogP contribution in [0.25, 0.3) is 0 Å². The molecular formula is C18H24N4O4. The van der Waals surface area contributed by atoms with E-state index in [1.54, 1.807) is 39.7 Å². The normalized spacial score (nSPS) is 10.3. The summed E-state index contributed by atoms with van der Waals surface area (Å²) in [5.74, 6) is 1.40. The number of rotatable bonds is 10. The van der Waals surface area contributed by atoms with Gasteiger partial charge in [-0.05, 0) is 30.2 Å². The molecule has 0 atom stereocenters. The Balaban J connectivity index is 1.93. The average molecular weight is 360 g/mol. The number of carbonyl (C=O) groups is 1. The van der Waals surface area contributed by atoms with E-state index in [-0.39, 0.29) is 5.91 Å². The molecular weight excluding hydrogens is 336 g/mol. The van der Waals surface area contributed by atoms with E-state index in [4.69, 9.17) is 14.2 Å². The first-order valence-electron chi connectivity index (χ1n) is 8.23. The number of nitrogens with zero attached hydrogens (tertiary/aromatic N) is 2. The number of carbonyl (C=O) groups excluding carboxylic acids is 1. The Morgan fingerprint density at radius 3 is 2.65 bits per heavy atom. The molecule has 0 spiro atoms. The van der Waals surface area contributed by atoms with Crippen molar-refractivity contribution in [3.05, 3.63) is 41.7 Å². The molecule has 0 aliphatic rings. The summed E-state index contributed by atoms with van der Waals surface area (Å²) in [5, 5.41) is 5.90. The van der Waals surface area contributed by atoms with E-state index in [0.29, 0.717) is 42.8 Å². The summed E-state index contributed by atoms with van der Waals surface area (Å²) in [4.78, 5) is 20.6. The third kappa shape index (κ3) is 5.59. The smallest absolute Gasteiger partial charge is 0.270 e. The van der Waals surface area contributed by atoms with E-state index in [0.717, 1.165) is 12.0 Å². The highest BCUT2D eigenvalue weighted by molar-refractivity contribution is 5.92. The van der Waals surface area contributed by atoms with Crippen molar-refractivity contribution in [1.29, 1.82) is 0 Å². The van der Waals surface area contributed by atoms with Gasteiger partial charge in [0.1, 0.15) is 5.69 Å². The van der Waals surface area contributed by atoms with Crippen LogP contribution in [-0.2, 0) is 11.3 Å². The molecule has 0 saturated carbocycles. The number of hydrogen-bond donors (Lipinski definition) is 2. The fraction of sp³-hybridized carbons (Fsp3) is 0.389. The highest BCUT2D eigenvalue weighted by atomic mass is 16.5. The lowest BCUT2D eigenvalue weighted by Gasteiger charge is -2.10. The summed E-state index contributed by atoms with van der Waals surface area (Å²) in [6.07, 6.45) is 2.38. The van der Waals surface area contributed by atoms with Gasteiger partial charge in [0.15, 0.2) is 11.5 Å². The molecule has 1 heterocycles. The number of anilines is 1. The van der Waals surface area contributed by atoms with Crippen LogP contribution in [-0.4, -0.2) is 50.4 Å². The maximum absolute atomic E-state index is 12.3.